The van der Waals surface area contributed by atoms with Gasteiger partial charge in [-0.25, -0.2) is 9.78 Å². The van der Waals surface area contributed by atoms with E-state index < -0.39 is 47.9 Å². The molecule has 4 unspecified atom stereocenters. The van der Waals surface area contributed by atoms with Gasteiger partial charge in [-0.2, -0.15) is 0 Å². The molecule has 4 atom stereocenters. The lowest BCUT2D eigenvalue weighted by Crippen LogP contribution is -2.57. The van der Waals surface area contributed by atoms with Crippen LogP contribution in [-0.2, 0) is 32.0 Å². The number of hydrogen-bond donors (Lipinski definition) is 7. The summed E-state index contributed by atoms with van der Waals surface area (Å²) in [5.74, 6) is -2.87. The Morgan fingerprint density at radius 1 is 0.947 bits per heavy atom. The fourth-order valence-corrected chi connectivity index (χ4v) is 4.10. The number of carboxylic acid groups (broad SMARTS) is 1. The Morgan fingerprint density at radius 3 is 2.32 bits per heavy atom. The maximum atomic E-state index is 13.0. The molecule has 0 spiro atoms. The van der Waals surface area contributed by atoms with Crippen LogP contribution in [0.15, 0.2) is 43.0 Å². The summed E-state index contributed by atoms with van der Waals surface area (Å²) in [5.41, 5.74) is 8.29. The van der Waals surface area contributed by atoms with Crippen LogP contribution in [0.1, 0.15) is 38.4 Å². The summed E-state index contributed by atoms with van der Waals surface area (Å²) < 4.78 is 0. The van der Waals surface area contributed by atoms with Crippen molar-refractivity contribution in [2.24, 2.45) is 11.7 Å². The molecule has 0 bridgehead atoms. The van der Waals surface area contributed by atoms with Gasteiger partial charge in [0.15, 0.2) is 0 Å². The minimum atomic E-state index is -1.20. The highest BCUT2D eigenvalue weighted by atomic mass is 16.4. The minimum absolute atomic E-state index is 0.0615. The molecule has 3 aromatic rings. The molecule has 0 aliphatic heterocycles. The summed E-state index contributed by atoms with van der Waals surface area (Å²) in [4.78, 5) is 60.2. The smallest absolute Gasteiger partial charge is 0.326 e. The number of amides is 3. The van der Waals surface area contributed by atoms with Gasteiger partial charge in [0.05, 0.1) is 12.4 Å². The molecule has 3 amide bonds. The number of rotatable bonds is 13. The second kappa shape index (κ2) is 12.9. The van der Waals surface area contributed by atoms with Crippen molar-refractivity contribution in [3.63, 3.8) is 0 Å². The summed E-state index contributed by atoms with van der Waals surface area (Å²) in [6.07, 6.45) is 5.36. The fourth-order valence-electron chi connectivity index (χ4n) is 4.10. The summed E-state index contributed by atoms with van der Waals surface area (Å²) >= 11 is 0. The first-order chi connectivity index (χ1) is 18.0. The number of fused-ring (bicyclic) bond motifs is 1. The lowest BCUT2D eigenvalue weighted by atomic mass is 10.0. The van der Waals surface area contributed by atoms with Gasteiger partial charge >= 0.3 is 5.97 Å². The molecule has 0 saturated heterocycles. The number of benzene rings is 1. The maximum absolute atomic E-state index is 13.0. The van der Waals surface area contributed by atoms with Crippen molar-refractivity contribution < 1.29 is 24.3 Å². The predicted molar refractivity (Wildman–Crippen MR) is 141 cm³/mol. The number of carbonyl (C=O) groups is 4. The molecule has 12 nitrogen and oxygen atoms in total. The van der Waals surface area contributed by atoms with Gasteiger partial charge in [0.2, 0.25) is 17.7 Å². The van der Waals surface area contributed by atoms with Crippen LogP contribution in [-0.4, -0.2) is 67.9 Å². The molecule has 204 valence electrons. The zero-order valence-corrected chi connectivity index (χ0v) is 21.7. The predicted octanol–water partition coefficient (Wildman–Crippen LogP) is 0.609. The summed E-state index contributed by atoms with van der Waals surface area (Å²) in [5, 5.41) is 18.3. The number of imidazole rings is 1. The van der Waals surface area contributed by atoms with E-state index in [-0.39, 0.29) is 18.8 Å². The van der Waals surface area contributed by atoms with Crippen LogP contribution >= 0.6 is 0 Å². The third kappa shape index (κ3) is 7.65. The normalized spacial score (nSPS) is 14.4. The first kappa shape index (κ1) is 28.4. The molecule has 0 saturated carbocycles. The molecule has 38 heavy (non-hydrogen) atoms. The van der Waals surface area contributed by atoms with E-state index in [9.17, 15) is 24.3 Å². The number of H-pyrrole nitrogens is 2. The topological polar surface area (TPSA) is 195 Å². The summed E-state index contributed by atoms with van der Waals surface area (Å²) in [7, 11) is 0. The van der Waals surface area contributed by atoms with Gasteiger partial charge in [0.25, 0.3) is 0 Å². The van der Waals surface area contributed by atoms with E-state index in [0.717, 1.165) is 16.5 Å². The van der Waals surface area contributed by atoms with Crippen molar-refractivity contribution in [2.75, 3.05) is 0 Å². The standard InChI is InChI=1S/C26H35N7O5/c1-14(2)8-21(32-24(35)19(27)10-17-12-28-13-30-17)25(36)31-15(3)23(34)33-22(26(37)38)9-16-11-29-20-7-5-4-6-18(16)20/h4-7,11-15,19,21-22,29H,8-10,27H2,1-3H3,(H,28,30)(H,31,36)(H,32,35)(H,33,34)(H,37,38). The molecule has 0 aliphatic rings. The number of nitrogens with zero attached hydrogens (tertiary/aromatic N) is 1. The molecular formula is C26H35N7O5. The number of hydrogen-bond acceptors (Lipinski definition) is 6. The zero-order valence-electron chi connectivity index (χ0n) is 21.7. The van der Waals surface area contributed by atoms with Gasteiger partial charge in [0.1, 0.15) is 18.1 Å². The molecule has 2 aromatic heterocycles. The maximum Gasteiger partial charge on any atom is 0.326 e. The molecule has 0 aliphatic carbocycles. The van der Waals surface area contributed by atoms with Gasteiger partial charge in [-0.3, -0.25) is 14.4 Å². The monoisotopic (exact) mass is 525 g/mol. The number of aliphatic carboxylic acids is 1. The van der Waals surface area contributed by atoms with Crippen LogP contribution in [0.2, 0.25) is 0 Å². The molecule has 12 heteroatoms. The van der Waals surface area contributed by atoms with E-state index in [1.165, 1.54) is 13.3 Å². The van der Waals surface area contributed by atoms with Crippen molar-refractivity contribution in [1.82, 2.24) is 30.9 Å². The molecule has 1 aromatic carbocycles. The molecule has 2 heterocycles. The Morgan fingerprint density at radius 2 is 1.66 bits per heavy atom. The summed E-state index contributed by atoms with van der Waals surface area (Å²) in [6.45, 7) is 5.25. The van der Waals surface area contributed by atoms with Crippen molar-refractivity contribution in [3.05, 3.63) is 54.2 Å². The first-order valence-electron chi connectivity index (χ1n) is 12.5. The average molecular weight is 526 g/mol. The zero-order chi connectivity index (χ0) is 27.8. The number of nitrogens with two attached hydrogens (primary N) is 1. The van der Waals surface area contributed by atoms with Crippen LogP contribution in [0.25, 0.3) is 10.9 Å². The van der Waals surface area contributed by atoms with Crippen molar-refractivity contribution in [3.8, 4) is 0 Å². The number of nitrogens with one attached hydrogen (secondary N) is 5. The average Bonchev–Trinajstić information content (AvgIpc) is 3.52. The summed E-state index contributed by atoms with van der Waals surface area (Å²) in [6, 6.07) is 3.39. The Labute approximate surface area is 220 Å². The number of aromatic amines is 2. The highest BCUT2D eigenvalue weighted by Gasteiger charge is 2.29. The van der Waals surface area contributed by atoms with Gasteiger partial charge < -0.3 is 36.8 Å². The van der Waals surface area contributed by atoms with E-state index in [0.29, 0.717) is 12.1 Å². The van der Waals surface area contributed by atoms with Crippen molar-refractivity contribution in [2.45, 2.75) is 64.2 Å². The highest BCUT2D eigenvalue weighted by molar-refractivity contribution is 5.94. The fraction of sp³-hybridized carbons (Fsp3) is 0.423. The van der Waals surface area contributed by atoms with Crippen LogP contribution < -0.4 is 21.7 Å². The highest BCUT2D eigenvalue weighted by Crippen LogP contribution is 2.19. The quantitative estimate of drug-likeness (QED) is 0.170. The molecule has 0 radical (unpaired) electrons. The van der Waals surface area contributed by atoms with E-state index in [4.69, 9.17) is 5.73 Å². The molecule has 0 fully saturated rings. The SMILES string of the molecule is CC(C)CC(NC(=O)C(N)Cc1cnc[nH]1)C(=O)NC(C)C(=O)NC(Cc1c[nH]c2ccccc12)C(=O)O. The van der Waals surface area contributed by atoms with E-state index in [1.54, 1.807) is 12.4 Å². The second-order valence-corrected chi connectivity index (χ2v) is 9.77. The second-order valence-electron chi connectivity index (χ2n) is 9.77. The van der Waals surface area contributed by atoms with Crippen LogP contribution in [0, 0.1) is 5.92 Å². The van der Waals surface area contributed by atoms with Gasteiger partial charge in [-0.05, 0) is 30.9 Å². The van der Waals surface area contributed by atoms with Gasteiger partial charge in [-0.15, -0.1) is 0 Å². The van der Waals surface area contributed by atoms with E-state index >= 15 is 0 Å². The number of aromatic nitrogens is 3. The van der Waals surface area contributed by atoms with E-state index in [2.05, 4.69) is 30.9 Å². The van der Waals surface area contributed by atoms with Gasteiger partial charge in [0, 0.05) is 41.8 Å². The Hall–Kier alpha value is -4.19. The first-order valence-corrected chi connectivity index (χ1v) is 12.5. The lowest BCUT2D eigenvalue weighted by molar-refractivity contribution is -0.142. The van der Waals surface area contributed by atoms with E-state index in [1.807, 2.05) is 38.1 Å². The minimum Gasteiger partial charge on any atom is -0.480 e. The van der Waals surface area contributed by atoms with Crippen LogP contribution in [0.3, 0.4) is 0 Å². The Kier molecular flexibility index (Phi) is 9.61. The third-order valence-corrected chi connectivity index (χ3v) is 6.14. The van der Waals surface area contributed by atoms with Crippen LogP contribution in [0.5, 0.6) is 0 Å². The number of carbonyl (C=O) groups excluding carboxylic acids is 3. The number of carboxylic acids is 1. The molecule has 3 rings (SSSR count). The van der Waals surface area contributed by atoms with Gasteiger partial charge in [-0.1, -0.05) is 32.0 Å². The van der Waals surface area contributed by atoms with Crippen molar-refractivity contribution in [1.29, 1.82) is 0 Å². The molecule has 8 N–H and O–H groups in total. The molecular weight excluding hydrogens is 490 g/mol. The van der Waals surface area contributed by atoms with Crippen molar-refractivity contribution >= 4 is 34.6 Å². The lowest BCUT2D eigenvalue weighted by Gasteiger charge is -2.24. The Bertz CT molecular complexity index is 1250. The largest absolute Gasteiger partial charge is 0.480 e. The number of para-hydroxylation sites is 1. The third-order valence-electron chi connectivity index (χ3n) is 6.14. The van der Waals surface area contributed by atoms with Crippen LogP contribution in [0.4, 0.5) is 0 Å². The Balaban J connectivity index is 1.60.